The van der Waals surface area contributed by atoms with E-state index >= 15 is 0 Å². The smallest absolute Gasteiger partial charge is 0.0414 e. The van der Waals surface area contributed by atoms with E-state index in [4.69, 9.17) is 0 Å². The van der Waals surface area contributed by atoms with Gasteiger partial charge in [-0.1, -0.05) is 213 Å². The Kier molecular flexibility index (Phi) is 31.0. The minimum Gasteiger partial charge on any atom is -0.0654 e. The fraction of sp³-hybridized carbons (Fsp3) is 1.00. The van der Waals surface area contributed by atoms with Crippen LogP contribution in [0.3, 0.4) is 0 Å². The van der Waals surface area contributed by atoms with Crippen LogP contribution in [0.1, 0.15) is 213 Å². The first-order chi connectivity index (χ1) is 16.8. The Bertz CT molecular complexity index is 313. The molecule has 0 unspecified atom stereocenters. The summed E-state index contributed by atoms with van der Waals surface area (Å²) < 4.78 is 0. The highest BCUT2D eigenvalue weighted by Gasteiger charge is 2.09. The molecule has 0 amide bonds. The second-order valence-electron chi connectivity index (χ2n) is 11.7. The van der Waals surface area contributed by atoms with E-state index in [-0.39, 0.29) is 0 Å². The van der Waals surface area contributed by atoms with Gasteiger partial charge in [0.15, 0.2) is 0 Å². The molecule has 0 aromatic rings. The molecule has 0 spiro atoms. The summed E-state index contributed by atoms with van der Waals surface area (Å²) in [4.78, 5) is 0. The van der Waals surface area contributed by atoms with Crippen LogP contribution < -0.4 is 0 Å². The van der Waals surface area contributed by atoms with Crippen molar-refractivity contribution in [3.63, 3.8) is 0 Å². The number of hydrogen-bond acceptors (Lipinski definition) is 0. The Morgan fingerprint density at radius 1 is 0.235 bits per heavy atom. The highest BCUT2D eigenvalue weighted by molar-refractivity contribution is 4.62. The van der Waals surface area contributed by atoms with E-state index in [2.05, 4.69) is 20.8 Å². The van der Waals surface area contributed by atoms with Crippen molar-refractivity contribution in [1.82, 2.24) is 0 Å². The van der Waals surface area contributed by atoms with Gasteiger partial charge in [-0.15, -0.1) is 0 Å². The Morgan fingerprint density at radius 2 is 0.412 bits per heavy atom. The van der Waals surface area contributed by atoms with E-state index in [1.54, 1.807) is 0 Å². The molecular formula is C34H70. The van der Waals surface area contributed by atoms with E-state index in [9.17, 15) is 0 Å². The summed E-state index contributed by atoms with van der Waals surface area (Å²) in [6, 6.07) is 0. The van der Waals surface area contributed by atoms with Crippen LogP contribution in [0, 0.1) is 5.92 Å². The van der Waals surface area contributed by atoms with Crippen LogP contribution in [0.4, 0.5) is 0 Å². The monoisotopic (exact) mass is 479 g/mol. The van der Waals surface area contributed by atoms with E-state index in [1.807, 2.05) is 0 Å². The molecular weight excluding hydrogens is 408 g/mol. The quantitative estimate of drug-likeness (QED) is 0.0900. The van der Waals surface area contributed by atoms with Crippen molar-refractivity contribution in [1.29, 1.82) is 0 Å². The van der Waals surface area contributed by atoms with Gasteiger partial charge >= 0.3 is 0 Å². The largest absolute Gasteiger partial charge is 0.0654 e. The normalized spacial score (nSPS) is 11.6. The topological polar surface area (TPSA) is 0 Å². The summed E-state index contributed by atoms with van der Waals surface area (Å²) in [5.41, 5.74) is 0. The van der Waals surface area contributed by atoms with Crippen LogP contribution in [0.25, 0.3) is 0 Å². The predicted octanol–water partition coefficient (Wildman–Crippen LogP) is 13.4. The summed E-state index contributed by atoms with van der Waals surface area (Å²) in [5.74, 6) is 1.04. The molecule has 0 N–H and O–H groups in total. The van der Waals surface area contributed by atoms with Gasteiger partial charge < -0.3 is 0 Å². The molecule has 0 radical (unpaired) electrons. The standard InChI is InChI=1S/C34H70/c1-4-7-10-13-16-19-20-21-24-27-30-33-34(31-28-25-22-17-14-11-8-5-2)32-29-26-23-18-15-12-9-6-3/h34H,4-33H2,1-3H3. The van der Waals surface area contributed by atoms with Crippen LogP contribution in [-0.4, -0.2) is 0 Å². The molecule has 0 bridgehead atoms. The van der Waals surface area contributed by atoms with Crippen LogP contribution >= 0.6 is 0 Å². The third-order valence-electron chi connectivity index (χ3n) is 8.15. The average Bonchev–Trinajstić information content (AvgIpc) is 2.85. The molecule has 0 heteroatoms. The zero-order valence-electron chi connectivity index (χ0n) is 24.8. The SMILES string of the molecule is CCCCCCCCCCCCCC(CCCCCCCCCC)CCCCCCCCCC. The first-order valence-corrected chi connectivity index (χ1v) is 16.8. The summed E-state index contributed by atoms with van der Waals surface area (Å²) in [6.45, 7) is 6.96. The molecule has 206 valence electrons. The van der Waals surface area contributed by atoms with Crippen molar-refractivity contribution in [2.75, 3.05) is 0 Å². The Balaban J connectivity index is 3.82. The molecule has 0 aliphatic carbocycles. The van der Waals surface area contributed by atoms with E-state index in [0.29, 0.717) is 0 Å². The zero-order valence-corrected chi connectivity index (χ0v) is 24.8. The molecule has 0 heterocycles. The van der Waals surface area contributed by atoms with Crippen molar-refractivity contribution in [2.45, 2.75) is 213 Å². The van der Waals surface area contributed by atoms with Gasteiger partial charge in [-0.3, -0.25) is 0 Å². The summed E-state index contributed by atoms with van der Waals surface area (Å²) in [6.07, 6.45) is 44.3. The maximum atomic E-state index is 2.32. The van der Waals surface area contributed by atoms with Crippen molar-refractivity contribution in [2.24, 2.45) is 5.92 Å². The van der Waals surface area contributed by atoms with Crippen molar-refractivity contribution >= 4 is 0 Å². The van der Waals surface area contributed by atoms with Crippen molar-refractivity contribution in [3.8, 4) is 0 Å². The predicted molar refractivity (Wildman–Crippen MR) is 159 cm³/mol. The van der Waals surface area contributed by atoms with Crippen LogP contribution in [0.5, 0.6) is 0 Å². The maximum absolute atomic E-state index is 2.32. The molecule has 0 aromatic heterocycles. The fourth-order valence-corrected chi connectivity index (χ4v) is 5.66. The molecule has 0 fully saturated rings. The lowest BCUT2D eigenvalue weighted by Gasteiger charge is -2.17. The maximum Gasteiger partial charge on any atom is -0.0414 e. The Labute approximate surface area is 219 Å². The van der Waals surface area contributed by atoms with E-state index < -0.39 is 0 Å². The summed E-state index contributed by atoms with van der Waals surface area (Å²) in [7, 11) is 0. The third-order valence-corrected chi connectivity index (χ3v) is 8.15. The third kappa shape index (κ3) is 28.2. The molecule has 0 aliphatic heterocycles. The van der Waals surface area contributed by atoms with Crippen molar-refractivity contribution in [3.05, 3.63) is 0 Å². The number of unbranched alkanes of at least 4 members (excludes halogenated alkanes) is 24. The van der Waals surface area contributed by atoms with Gasteiger partial charge in [0.05, 0.1) is 0 Å². The first kappa shape index (κ1) is 34.0. The minimum absolute atomic E-state index is 1.04. The second-order valence-corrected chi connectivity index (χ2v) is 11.7. The lowest BCUT2D eigenvalue weighted by molar-refractivity contribution is 0.365. The molecule has 0 aromatic carbocycles. The van der Waals surface area contributed by atoms with Crippen molar-refractivity contribution < 1.29 is 0 Å². The molecule has 0 saturated carbocycles. The van der Waals surface area contributed by atoms with Gasteiger partial charge in [0.2, 0.25) is 0 Å². The summed E-state index contributed by atoms with van der Waals surface area (Å²) >= 11 is 0. The average molecular weight is 479 g/mol. The summed E-state index contributed by atoms with van der Waals surface area (Å²) in [5, 5.41) is 0. The second kappa shape index (κ2) is 31.0. The van der Waals surface area contributed by atoms with Gasteiger partial charge in [0, 0.05) is 0 Å². The molecule has 0 nitrogen and oxygen atoms in total. The van der Waals surface area contributed by atoms with Crippen LogP contribution in [-0.2, 0) is 0 Å². The van der Waals surface area contributed by atoms with Crippen LogP contribution in [0.2, 0.25) is 0 Å². The van der Waals surface area contributed by atoms with Crippen LogP contribution in [0.15, 0.2) is 0 Å². The highest BCUT2D eigenvalue weighted by Crippen LogP contribution is 2.25. The fourth-order valence-electron chi connectivity index (χ4n) is 5.66. The van der Waals surface area contributed by atoms with Gasteiger partial charge in [0.25, 0.3) is 0 Å². The van der Waals surface area contributed by atoms with Gasteiger partial charge in [-0.25, -0.2) is 0 Å². The van der Waals surface area contributed by atoms with E-state index in [1.165, 1.54) is 193 Å². The zero-order chi connectivity index (χ0) is 24.8. The molecule has 0 aliphatic rings. The van der Waals surface area contributed by atoms with Gasteiger partial charge in [0.1, 0.15) is 0 Å². The number of rotatable bonds is 30. The van der Waals surface area contributed by atoms with Gasteiger partial charge in [-0.2, -0.15) is 0 Å². The lowest BCUT2D eigenvalue weighted by Crippen LogP contribution is -2.01. The molecule has 0 rings (SSSR count). The highest BCUT2D eigenvalue weighted by atomic mass is 14.1. The first-order valence-electron chi connectivity index (χ1n) is 16.8. The van der Waals surface area contributed by atoms with Gasteiger partial charge in [-0.05, 0) is 5.92 Å². The van der Waals surface area contributed by atoms with E-state index in [0.717, 1.165) is 5.92 Å². The Hall–Kier alpha value is 0. The molecule has 0 saturated heterocycles. The molecule has 0 atom stereocenters. The molecule has 34 heavy (non-hydrogen) atoms. The lowest BCUT2D eigenvalue weighted by atomic mass is 9.89. The Morgan fingerprint density at radius 3 is 0.618 bits per heavy atom. The minimum atomic E-state index is 1.04. The number of hydrogen-bond donors (Lipinski definition) is 0.